The van der Waals surface area contributed by atoms with Crippen molar-refractivity contribution in [2.75, 3.05) is 132 Å². The molecule has 0 N–H and O–H groups in total. The number of rotatable bonds is 5. The van der Waals surface area contributed by atoms with Gasteiger partial charge in [0.1, 0.15) is 0 Å². The Labute approximate surface area is 286 Å². The highest BCUT2D eigenvalue weighted by atomic mass is 16.6. The molecule has 0 saturated carbocycles. The van der Waals surface area contributed by atoms with Gasteiger partial charge in [0.15, 0.2) is 0 Å². The highest BCUT2D eigenvalue weighted by Crippen LogP contribution is 2.30. The molecule has 5 rings (SSSR count). The molecule has 0 bridgehead atoms. The minimum absolute atomic E-state index is 0.580. The van der Waals surface area contributed by atoms with Crippen LogP contribution in [0.4, 0.5) is 0 Å². The quantitative estimate of drug-likeness (QED) is 0.394. The van der Waals surface area contributed by atoms with Crippen LogP contribution in [0.25, 0.3) is 21.9 Å². The molecule has 0 atom stereocenters. The maximum absolute atomic E-state index is 5.89. The van der Waals surface area contributed by atoms with E-state index in [0.29, 0.717) is 106 Å². The van der Waals surface area contributed by atoms with E-state index in [9.17, 15) is 0 Å². The molecule has 3 aromatic rings. The third-order valence-corrected chi connectivity index (χ3v) is 8.53. The molecule has 2 aliphatic heterocycles. The number of hydrogen-bond acceptors (Lipinski definition) is 10. The molecule has 0 aromatic heterocycles. The molecule has 2 fully saturated rings. The zero-order valence-electron chi connectivity index (χ0n) is 28.5. The SMILES string of the molecule is c1ccc(-c2ccc3cccc(CN4CCOCCOCCOCCOCC4)c3c2)c(CN2CCOCCOCCOCCOCC2)c1. The molecule has 264 valence electrons. The van der Waals surface area contributed by atoms with Gasteiger partial charge in [-0.05, 0) is 39.1 Å². The molecule has 2 saturated heterocycles. The van der Waals surface area contributed by atoms with Gasteiger partial charge in [-0.3, -0.25) is 9.80 Å². The Morgan fingerprint density at radius 2 is 0.812 bits per heavy atom. The van der Waals surface area contributed by atoms with E-state index in [0.717, 1.165) is 39.3 Å². The maximum Gasteiger partial charge on any atom is 0.0701 e. The lowest BCUT2D eigenvalue weighted by atomic mass is 9.95. The van der Waals surface area contributed by atoms with Crippen molar-refractivity contribution in [2.45, 2.75) is 13.1 Å². The Morgan fingerprint density at radius 3 is 1.31 bits per heavy atom. The second kappa shape index (κ2) is 22.3. The molecule has 2 aliphatic rings. The van der Waals surface area contributed by atoms with Crippen molar-refractivity contribution >= 4 is 10.8 Å². The van der Waals surface area contributed by atoms with Crippen molar-refractivity contribution in [3.63, 3.8) is 0 Å². The number of benzene rings is 3. The average Bonchev–Trinajstić information content (AvgIpc) is 3.13. The number of ether oxygens (including phenoxy) is 8. The first-order chi connectivity index (χ1) is 23.9. The van der Waals surface area contributed by atoms with Gasteiger partial charge in [0.2, 0.25) is 0 Å². The maximum atomic E-state index is 5.89. The van der Waals surface area contributed by atoms with E-state index in [1.807, 2.05) is 0 Å². The highest BCUT2D eigenvalue weighted by molar-refractivity contribution is 5.90. The summed E-state index contributed by atoms with van der Waals surface area (Å²) in [7, 11) is 0. The first kappa shape index (κ1) is 36.8. The second-order valence-electron chi connectivity index (χ2n) is 12.0. The lowest BCUT2D eigenvalue weighted by molar-refractivity contribution is 0.00206. The molecular formula is C38H54N2O8. The number of nitrogens with zero attached hydrogens (tertiary/aromatic N) is 2. The van der Waals surface area contributed by atoms with Crippen LogP contribution in [0.2, 0.25) is 0 Å². The lowest BCUT2D eigenvalue weighted by Crippen LogP contribution is -2.31. The summed E-state index contributed by atoms with van der Waals surface area (Å²) in [5, 5.41) is 2.51. The predicted molar refractivity (Wildman–Crippen MR) is 186 cm³/mol. The Kier molecular flexibility index (Phi) is 17.1. The molecule has 0 amide bonds. The standard InChI is InChI=1S/C38H54N2O8/c1-2-7-37(35(4-1)31-39-10-14-41-18-22-45-26-27-46-23-19-42-15-11-39)34-9-8-33-5-3-6-36(38(33)30-34)32-40-12-16-43-20-24-47-28-29-48-25-21-44-17-13-40/h1-9,30H,10-29,31-32H2. The van der Waals surface area contributed by atoms with Crippen LogP contribution in [-0.4, -0.2) is 142 Å². The summed E-state index contributed by atoms with van der Waals surface area (Å²) in [5.74, 6) is 0. The first-order valence-corrected chi connectivity index (χ1v) is 17.5. The van der Waals surface area contributed by atoms with Crippen LogP contribution < -0.4 is 0 Å². The smallest absolute Gasteiger partial charge is 0.0701 e. The Balaban J connectivity index is 1.29. The summed E-state index contributed by atoms with van der Waals surface area (Å²) >= 11 is 0. The van der Waals surface area contributed by atoms with E-state index >= 15 is 0 Å². The normalized spacial score (nSPS) is 20.7. The van der Waals surface area contributed by atoms with Crippen molar-refractivity contribution in [1.82, 2.24) is 9.80 Å². The van der Waals surface area contributed by atoms with E-state index in [4.69, 9.17) is 37.9 Å². The van der Waals surface area contributed by atoms with Crippen molar-refractivity contribution in [1.29, 1.82) is 0 Å². The van der Waals surface area contributed by atoms with E-state index in [2.05, 4.69) is 70.5 Å². The molecule has 48 heavy (non-hydrogen) atoms. The van der Waals surface area contributed by atoms with Gasteiger partial charge < -0.3 is 37.9 Å². The van der Waals surface area contributed by atoms with E-state index in [-0.39, 0.29) is 0 Å². The number of fused-ring (bicyclic) bond motifs is 1. The van der Waals surface area contributed by atoms with Crippen LogP contribution in [0.15, 0.2) is 60.7 Å². The van der Waals surface area contributed by atoms with Crippen molar-refractivity contribution < 1.29 is 37.9 Å². The zero-order chi connectivity index (χ0) is 32.9. The lowest BCUT2D eigenvalue weighted by Gasteiger charge is -2.24. The Hall–Kier alpha value is -2.48. The van der Waals surface area contributed by atoms with E-state index < -0.39 is 0 Å². The fraction of sp³-hybridized carbons (Fsp3) is 0.579. The van der Waals surface area contributed by atoms with Gasteiger partial charge in [0.25, 0.3) is 0 Å². The van der Waals surface area contributed by atoms with Crippen LogP contribution in [0.1, 0.15) is 11.1 Å². The van der Waals surface area contributed by atoms with Gasteiger partial charge in [-0.15, -0.1) is 0 Å². The monoisotopic (exact) mass is 666 g/mol. The van der Waals surface area contributed by atoms with Crippen LogP contribution in [0.3, 0.4) is 0 Å². The fourth-order valence-electron chi connectivity index (χ4n) is 5.90. The van der Waals surface area contributed by atoms with E-state index in [1.54, 1.807) is 0 Å². The molecule has 3 aromatic carbocycles. The highest BCUT2D eigenvalue weighted by Gasteiger charge is 2.14. The van der Waals surface area contributed by atoms with Crippen LogP contribution >= 0.6 is 0 Å². The minimum atomic E-state index is 0.580. The molecule has 10 nitrogen and oxygen atoms in total. The van der Waals surface area contributed by atoms with Gasteiger partial charge in [0, 0.05) is 39.3 Å². The van der Waals surface area contributed by atoms with Gasteiger partial charge >= 0.3 is 0 Å². The summed E-state index contributed by atoms with van der Waals surface area (Å²) in [5.41, 5.74) is 5.04. The Bertz CT molecular complexity index is 1280. The molecular weight excluding hydrogens is 612 g/mol. The summed E-state index contributed by atoms with van der Waals surface area (Å²) in [6, 6.07) is 22.2. The topological polar surface area (TPSA) is 80.3 Å². The third-order valence-electron chi connectivity index (χ3n) is 8.53. The second-order valence-corrected chi connectivity index (χ2v) is 12.0. The molecule has 2 heterocycles. The summed E-state index contributed by atoms with van der Waals surface area (Å²) in [6.45, 7) is 14.5. The summed E-state index contributed by atoms with van der Waals surface area (Å²) < 4.78 is 45.9. The summed E-state index contributed by atoms with van der Waals surface area (Å²) in [4.78, 5) is 4.83. The van der Waals surface area contributed by atoms with Crippen molar-refractivity contribution in [3.8, 4) is 11.1 Å². The fourth-order valence-corrected chi connectivity index (χ4v) is 5.90. The largest absolute Gasteiger partial charge is 0.378 e. The van der Waals surface area contributed by atoms with Gasteiger partial charge in [-0.25, -0.2) is 0 Å². The first-order valence-electron chi connectivity index (χ1n) is 17.5. The van der Waals surface area contributed by atoms with Crippen molar-refractivity contribution in [2.24, 2.45) is 0 Å². The van der Waals surface area contributed by atoms with Gasteiger partial charge in [-0.1, -0.05) is 54.6 Å². The van der Waals surface area contributed by atoms with Gasteiger partial charge in [0.05, 0.1) is 106 Å². The number of hydrogen-bond donors (Lipinski definition) is 0. The third kappa shape index (κ3) is 13.1. The van der Waals surface area contributed by atoms with Crippen LogP contribution in [0.5, 0.6) is 0 Å². The molecule has 0 radical (unpaired) electrons. The van der Waals surface area contributed by atoms with Gasteiger partial charge in [-0.2, -0.15) is 0 Å². The van der Waals surface area contributed by atoms with Crippen LogP contribution in [0, 0.1) is 0 Å². The Morgan fingerprint density at radius 1 is 0.396 bits per heavy atom. The van der Waals surface area contributed by atoms with Crippen LogP contribution in [-0.2, 0) is 51.0 Å². The molecule has 10 heteroatoms. The average molecular weight is 667 g/mol. The van der Waals surface area contributed by atoms with E-state index in [1.165, 1.54) is 33.0 Å². The predicted octanol–water partition coefficient (Wildman–Crippen LogP) is 4.27. The minimum Gasteiger partial charge on any atom is -0.378 e. The zero-order valence-corrected chi connectivity index (χ0v) is 28.5. The molecule has 0 spiro atoms. The summed E-state index contributed by atoms with van der Waals surface area (Å²) in [6.07, 6.45) is 0. The van der Waals surface area contributed by atoms with Crippen molar-refractivity contribution in [3.05, 3.63) is 71.8 Å². The molecule has 0 aliphatic carbocycles. The molecule has 0 unspecified atom stereocenters.